The largest absolute Gasteiger partial charge is 0.399 e. The van der Waals surface area contributed by atoms with Crippen LogP contribution in [0.15, 0.2) is 24.3 Å². The van der Waals surface area contributed by atoms with E-state index in [4.69, 9.17) is 5.73 Å². The Hall–Kier alpha value is -1.71. The van der Waals surface area contributed by atoms with Crippen LogP contribution >= 0.6 is 0 Å². The van der Waals surface area contributed by atoms with Crippen LogP contribution in [-0.4, -0.2) is 23.5 Å². The highest BCUT2D eigenvalue weighted by atomic mass is 16.2. The maximum absolute atomic E-state index is 12.1. The molecule has 0 heterocycles. The van der Waals surface area contributed by atoms with E-state index in [0.717, 1.165) is 31.5 Å². The Morgan fingerprint density at radius 3 is 2.59 bits per heavy atom. The van der Waals surface area contributed by atoms with Gasteiger partial charge in [0.2, 0.25) is 0 Å². The molecule has 1 aromatic carbocycles. The van der Waals surface area contributed by atoms with E-state index in [1.165, 1.54) is 0 Å². The third-order valence-electron chi connectivity index (χ3n) is 2.87. The molecule has 1 aromatic rings. The van der Waals surface area contributed by atoms with Crippen LogP contribution in [-0.2, 0) is 0 Å². The molecule has 0 bridgehead atoms. The summed E-state index contributed by atoms with van der Waals surface area (Å²) in [5, 5.41) is 2.91. The van der Waals surface area contributed by atoms with E-state index in [-0.39, 0.29) is 6.03 Å². The Morgan fingerprint density at radius 1 is 1.41 bits per heavy atom. The minimum Gasteiger partial charge on any atom is -0.399 e. The molecule has 0 spiro atoms. The molecule has 4 heteroatoms. The number of anilines is 2. The van der Waals surface area contributed by atoms with E-state index in [1.807, 2.05) is 17.0 Å². The van der Waals surface area contributed by atoms with E-state index in [1.54, 1.807) is 12.1 Å². The van der Waals surface area contributed by atoms with Crippen molar-refractivity contribution >= 4 is 17.4 Å². The average molecular weight is 233 g/mol. The molecular formula is C13H19N3O. The monoisotopic (exact) mass is 233 g/mol. The second-order valence-electron chi connectivity index (χ2n) is 4.48. The summed E-state index contributed by atoms with van der Waals surface area (Å²) in [5.74, 6) is 0. The van der Waals surface area contributed by atoms with E-state index in [9.17, 15) is 4.79 Å². The van der Waals surface area contributed by atoms with Gasteiger partial charge in [-0.3, -0.25) is 0 Å². The maximum Gasteiger partial charge on any atom is 0.322 e. The third kappa shape index (κ3) is 3.12. The first-order chi connectivity index (χ1) is 8.20. The van der Waals surface area contributed by atoms with Gasteiger partial charge in [0, 0.05) is 24.0 Å². The zero-order chi connectivity index (χ0) is 12.3. The van der Waals surface area contributed by atoms with Crippen LogP contribution < -0.4 is 11.1 Å². The first-order valence-corrected chi connectivity index (χ1v) is 6.14. The number of nitrogens with two attached hydrogens (primary N) is 1. The molecule has 2 amide bonds. The summed E-state index contributed by atoms with van der Waals surface area (Å²) in [6.07, 6.45) is 3.26. The second kappa shape index (κ2) is 5.08. The number of benzene rings is 1. The lowest BCUT2D eigenvalue weighted by Crippen LogP contribution is -2.37. The van der Waals surface area contributed by atoms with Crippen molar-refractivity contribution in [1.29, 1.82) is 0 Å². The van der Waals surface area contributed by atoms with E-state index in [2.05, 4.69) is 12.2 Å². The van der Waals surface area contributed by atoms with Crippen molar-refractivity contribution in [3.05, 3.63) is 24.3 Å². The zero-order valence-electron chi connectivity index (χ0n) is 10.1. The molecule has 0 aromatic heterocycles. The van der Waals surface area contributed by atoms with Crippen LogP contribution in [0.4, 0.5) is 16.2 Å². The molecule has 0 unspecified atom stereocenters. The van der Waals surface area contributed by atoms with Crippen LogP contribution in [0.5, 0.6) is 0 Å². The van der Waals surface area contributed by atoms with E-state index in [0.29, 0.717) is 11.7 Å². The Kier molecular flexibility index (Phi) is 3.52. The van der Waals surface area contributed by atoms with Gasteiger partial charge in [-0.05, 0) is 43.5 Å². The summed E-state index contributed by atoms with van der Waals surface area (Å²) in [7, 11) is 0. The number of carbonyl (C=O) groups is 1. The molecule has 0 saturated heterocycles. The Balaban J connectivity index is 1.96. The third-order valence-corrected chi connectivity index (χ3v) is 2.87. The van der Waals surface area contributed by atoms with Crippen LogP contribution in [0.1, 0.15) is 26.2 Å². The van der Waals surface area contributed by atoms with Gasteiger partial charge in [-0.2, -0.15) is 0 Å². The average Bonchev–Trinajstić information content (AvgIpc) is 3.13. The topological polar surface area (TPSA) is 58.4 Å². The normalized spacial score (nSPS) is 14.4. The predicted molar refractivity (Wildman–Crippen MR) is 69.9 cm³/mol. The molecule has 2 rings (SSSR count). The van der Waals surface area contributed by atoms with Gasteiger partial charge in [-0.1, -0.05) is 6.92 Å². The first kappa shape index (κ1) is 11.8. The number of carbonyl (C=O) groups excluding carboxylic acids is 1. The quantitative estimate of drug-likeness (QED) is 0.785. The Morgan fingerprint density at radius 2 is 2.06 bits per heavy atom. The van der Waals surface area contributed by atoms with Gasteiger partial charge in [0.15, 0.2) is 0 Å². The smallest absolute Gasteiger partial charge is 0.322 e. The molecule has 17 heavy (non-hydrogen) atoms. The minimum absolute atomic E-state index is 0.000813. The summed E-state index contributed by atoms with van der Waals surface area (Å²) < 4.78 is 0. The first-order valence-electron chi connectivity index (χ1n) is 6.14. The molecule has 4 nitrogen and oxygen atoms in total. The van der Waals surface area contributed by atoms with Gasteiger partial charge in [0.1, 0.15) is 0 Å². The summed E-state index contributed by atoms with van der Waals surface area (Å²) in [4.78, 5) is 14.0. The van der Waals surface area contributed by atoms with Crippen LogP contribution in [0.3, 0.4) is 0 Å². The molecule has 1 fully saturated rings. The number of nitrogen functional groups attached to an aromatic ring is 1. The molecular weight excluding hydrogens is 214 g/mol. The number of hydrogen-bond donors (Lipinski definition) is 2. The number of rotatable bonds is 4. The zero-order valence-corrected chi connectivity index (χ0v) is 10.1. The fourth-order valence-corrected chi connectivity index (χ4v) is 1.84. The van der Waals surface area contributed by atoms with Crippen molar-refractivity contribution in [2.24, 2.45) is 0 Å². The fourth-order valence-electron chi connectivity index (χ4n) is 1.84. The lowest BCUT2D eigenvalue weighted by molar-refractivity contribution is 0.209. The van der Waals surface area contributed by atoms with Gasteiger partial charge < -0.3 is 16.0 Å². The molecule has 1 saturated carbocycles. The van der Waals surface area contributed by atoms with Gasteiger partial charge in [-0.25, -0.2) is 4.79 Å². The predicted octanol–water partition coefficient (Wildman–Crippen LogP) is 2.68. The number of hydrogen-bond acceptors (Lipinski definition) is 2. The van der Waals surface area contributed by atoms with Crippen LogP contribution in [0.2, 0.25) is 0 Å². The Bertz CT molecular complexity index is 384. The van der Waals surface area contributed by atoms with Crippen molar-refractivity contribution in [1.82, 2.24) is 4.90 Å². The molecule has 0 atom stereocenters. The molecule has 0 aliphatic heterocycles. The number of urea groups is 1. The van der Waals surface area contributed by atoms with Crippen molar-refractivity contribution < 1.29 is 4.79 Å². The molecule has 3 N–H and O–H groups in total. The number of nitrogens with zero attached hydrogens (tertiary/aromatic N) is 1. The summed E-state index contributed by atoms with van der Waals surface area (Å²) in [5.41, 5.74) is 7.10. The minimum atomic E-state index is -0.000813. The van der Waals surface area contributed by atoms with Gasteiger partial charge in [0.05, 0.1) is 0 Å². The highest BCUT2D eigenvalue weighted by Gasteiger charge is 2.31. The van der Waals surface area contributed by atoms with Crippen molar-refractivity contribution in [2.45, 2.75) is 32.2 Å². The summed E-state index contributed by atoms with van der Waals surface area (Å²) >= 11 is 0. The maximum atomic E-state index is 12.1. The highest BCUT2D eigenvalue weighted by Crippen LogP contribution is 2.27. The Labute approximate surface area is 102 Å². The lowest BCUT2D eigenvalue weighted by atomic mass is 10.3. The van der Waals surface area contributed by atoms with E-state index < -0.39 is 0 Å². The van der Waals surface area contributed by atoms with Gasteiger partial charge in [-0.15, -0.1) is 0 Å². The number of nitrogens with one attached hydrogen (secondary N) is 1. The SMILES string of the molecule is CCCN(C(=O)Nc1ccc(N)cc1)C1CC1. The molecule has 1 aliphatic rings. The van der Waals surface area contributed by atoms with Crippen molar-refractivity contribution in [3.8, 4) is 0 Å². The fraction of sp³-hybridized carbons (Fsp3) is 0.462. The standard InChI is InChI=1S/C13H19N3O/c1-2-9-16(12-7-8-12)13(17)15-11-5-3-10(14)4-6-11/h3-6,12H,2,7-9,14H2,1H3,(H,15,17). The van der Waals surface area contributed by atoms with Crippen molar-refractivity contribution in [3.63, 3.8) is 0 Å². The van der Waals surface area contributed by atoms with E-state index >= 15 is 0 Å². The van der Waals surface area contributed by atoms with Crippen LogP contribution in [0.25, 0.3) is 0 Å². The molecule has 0 radical (unpaired) electrons. The molecule has 1 aliphatic carbocycles. The number of amides is 2. The highest BCUT2D eigenvalue weighted by molar-refractivity contribution is 5.89. The van der Waals surface area contributed by atoms with Gasteiger partial charge >= 0.3 is 6.03 Å². The summed E-state index contributed by atoms with van der Waals surface area (Å²) in [6.45, 7) is 2.91. The van der Waals surface area contributed by atoms with Crippen molar-refractivity contribution in [2.75, 3.05) is 17.6 Å². The lowest BCUT2D eigenvalue weighted by Gasteiger charge is -2.22. The van der Waals surface area contributed by atoms with Crippen LogP contribution in [0, 0.1) is 0 Å². The molecule has 92 valence electrons. The summed E-state index contributed by atoms with van der Waals surface area (Å²) in [6, 6.07) is 7.67. The second-order valence-corrected chi connectivity index (χ2v) is 4.48. The van der Waals surface area contributed by atoms with Gasteiger partial charge in [0.25, 0.3) is 0 Å².